The Kier molecular flexibility index (Phi) is 4.93. The molecule has 1 amide bonds. The smallest absolute Gasteiger partial charge is 0.318 e. The molecule has 1 aromatic heterocycles. The number of nitrogens with zero attached hydrogens (tertiary/aromatic N) is 4. The second-order valence-corrected chi connectivity index (χ2v) is 5.81. The van der Waals surface area contributed by atoms with Crippen molar-refractivity contribution in [2.45, 2.75) is 20.3 Å². The fraction of sp³-hybridized carbons (Fsp3) is 0.389. The van der Waals surface area contributed by atoms with Gasteiger partial charge in [-0.15, -0.1) is 5.10 Å². The van der Waals surface area contributed by atoms with Crippen molar-refractivity contribution in [1.82, 2.24) is 15.1 Å². The standard InChI is InChI=1S/C18H22N4O2/c1-3-15(16-7-5-4-6-8-16)13-17(23)21-9-11-22(12-10-21)18-20-19-14(2)24-18/h4-8,13H,3,9-12H2,1-2H3/b15-13+. The number of aromatic nitrogens is 2. The van der Waals surface area contributed by atoms with E-state index in [-0.39, 0.29) is 5.91 Å². The van der Waals surface area contributed by atoms with Crippen LogP contribution in [-0.4, -0.2) is 47.2 Å². The van der Waals surface area contributed by atoms with E-state index in [1.165, 1.54) is 0 Å². The molecule has 0 bridgehead atoms. The number of rotatable bonds is 4. The number of hydrogen-bond acceptors (Lipinski definition) is 5. The Morgan fingerprint density at radius 1 is 1.17 bits per heavy atom. The Labute approximate surface area is 141 Å². The molecule has 2 heterocycles. The van der Waals surface area contributed by atoms with Gasteiger partial charge in [0.05, 0.1) is 0 Å². The van der Waals surface area contributed by atoms with Crippen LogP contribution < -0.4 is 4.90 Å². The third-order valence-corrected chi connectivity index (χ3v) is 4.20. The first-order valence-corrected chi connectivity index (χ1v) is 8.27. The van der Waals surface area contributed by atoms with Gasteiger partial charge < -0.3 is 14.2 Å². The Bertz CT molecular complexity index is 716. The Morgan fingerprint density at radius 3 is 2.46 bits per heavy atom. The van der Waals surface area contributed by atoms with E-state index in [0.29, 0.717) is 38.1 Å². The van der Waals surface area contributed by atoms with E-state index < -0.39 is 0 Å². The van der Waals surface area contributed by atoms with Gasteiger partial charge in [0, 0.05) is 39.2 Å². The Hall–Kier alpha value is -2.63. The molecule has 0 saturated carbocycles. The summed E-state index contributed by atoms with van der Waals surface area (Å²) in [5.74, 6) is 0.624. The molecule has 0 radical (unpaired) electrons. The van der Waals surface area contributed by atoms with Crippen molar-refractivity contribution in [1.29, 1.82) is 0 Å². The van der Waals surface area contributed by atoms with Gasteiger partial charge in [0.1, 0.15) is 0 Å². The summed E-state index contributed by atoms with van der Waals surface area (Å²) >= 11 is 0. The monoisotopic (exact) mass is 326 g/mol. The summed E-state index contributed by atoms with van der Waals surface area (Å²) in [5.41, 5.74) is 2.17. The Balaban J connectivity index is 1.63. The second kappa shape index (κ2) is 7.29. The zero-order chi connectivity index (χ0) is 16.9. The Morgan fingerprint density at radius 2 is 1.88 bits per heavy atom. The lowest BCUT2D eigenvalue weighted by molar-refractivity contribution is -0.126. The van der Waals surface area contributed by atoms with Crippen LogP contribution in [0, 0.1) is 6.92 Å². The lowest BCUT2D eigenvalue weighted by atomic mass is 10.0. The largest absolute Gasteiger partial charge is 0.408 e. The predicted molar refractivity (Wildman–Crippen MR) is 92.5 cm³/mol. The first kappa shape index (κ1) is 16.2. The molecule has 1 aliphatic heterocycles. The molecule has 0 aliphatic carbocycles. The molecule has 0 spiro atoms. The molecule has 24 heavy (non-hydrogen) atoms. The number of anilines is 1. The van der Waals surface area contributed by atoms with Crippen LogP contribution in [0.15, 0.2) is 40.8 Å². The van der Waals surface area contributed by atoms with Crippen LogP contribution in [0.25, 0.3) is 5.57 Å². The SMILES string of the molecule is CC/C(=C\C(=O)N1CCN(c2nnc(C)o2)CC1)c1ccccc1. The third kappa shape index (κ3) is 3.64. The van der Waals surface area contributed by atoms with Crippen molar-refractivity contribution in [3.8, 4) is 0 Å². The molecule has 2 aromatic rings. The van der Waals surface area contributed by atoms with Gasteiger partial charge in [0.15, 0.2) is 0 Å². The number of hydrogen-bond donors (Lipinski definition) is 0. The fourth-order valence-electron chi connectivity index (χ4n) is 2.81. The van der Waals surface area contributed by atoms with Gasteiger partial charge in [-0.25, -0.2) is 0 Å². The molecule has 1 saturated heterocycles. The van der Waals surface area contributed by atoms with Gasteiger partial charge in [0.25, 0.3) is 0 Å². The van der Waals surface area contributed by atoms with Gasteiger partial charge in [-0.1, -0.05) is 42.4 Å². The molecule has 6 nitrogen and oxygen atoms in total. The summed E-state index contributed by atoms with van der Waals surface area (Å²) in [5, 5.41) is 7.89. The van der Waals surface area contributed by atoms with Gasteiger partial charge in [0.2, 0.25) is 11.8 Å². The maximum absolute atomic E-state index is 12.6. The highest BCUT2D eigenvalue weighted by Gasteiger charge is 2.23. The van der Waals surface area contributed by atoms with Gasteiger partial charge in [-0.3, -0.25) is 4.79 Å². The number of piperazine rings is 1. The van der Waals surface area contributed by atoms with Crippen molar-refractivity contribution in [3.63, 3.8) is 0 Å². The van der Waals surface area contributed by atoms with Crippen LogP contribution in [0.5, 0.6) is 0 Å². The summed E-state index contributed by atoms with van der Waals surface area (Å²) in [6, 6.07) is 10.6. The average molecular weight is 326 g/mol. The van der Waals surface area contributed by atoms with E-state index in [4.69, 9.17) is 4.42 Å². The van der Waals surface area contributed by atoms with E-state index in [9.17, 15) is 4.79 Å². The average Bonchev–Trinajstić information content (AvgIpc) is 3.07. The van der Waals surface area contributed by atoms with Crippen molar-refractivity contribution >= 4 is 17.5 Å². The predicted octanol–water partition coefficient (Wildman–Crippen LogP) is 2.52. The van der Waals surface area contributed by atoms with Crippen molar-refractivity contribution in [3.05, 3.63) is 47.9 Å². The van der Waals surface area contributed by atoms with E-state index in [0.717, 1.165) is 17.6 Å². The molecule has 0 N–H and O–H groups in total. The molecule has 126 valence electrons. The van der Waals surface area contributed by atoms with E-state index >= 15 is 0 Å². The lowest BCUT2D eigenvalue weighted by Crippen LogP contribution is -2.48. The number of aryl methyl sites for hydroxylation is 1. The summed E-state index contributed by atoms with van der Waals surface area (Å²) < 4.78 is 5.45. The van der Waals surface area contributed by atoms with Crippen molar-refractivity contribution in [2.75, 3.05) is 31.1 Å². The first-order chi connectivity index (χ1) is 11.7. The van der Waals surface area contributed by atoms with Crippen LogP contribution >= 0.6 is 0 Å². The molecule has 0 unspecified atom stereocenters. The summed E-state index contributed by atoms with van der Waals surface area (Å²) in [7, 11) is 0. The summed E-state index contributed by atoms with van der Waals surface area (Å²) in [4.78, 5) is 16.5. The number of carbonyl (C=O) groups is 1. The first-order valence-electron chi connectivity index (χ1n) is 8.27. The second-order valence-electron chi connectivity index (χ2n) is 5.81. The topological polar surface area (TPSA) is 62.5 Å². The quantitative estimate of drug-likeness (QED) is 0.808. The number of allylic oxidation sites excluding steroid dienone is 1. The highest BCUT2D eigenvalue weighted by molar-refractivity contribution is 5.95. The summed E-state index contributed by atoms with van der Waals surface area (Å²) in [6.45, 7) is 6.56. The highest BCUT2D eigenvalue weighted by atomic mass is 16.4. The van der Waals surface area contributed by atoms with Crippen molar-refractivity contribution in [2.24, 2.45) is 0 Å². The lowest BCUT2D eigenvalue weighted by Gasteiger charge is -2.33. The van der Waals surface area contributed by atoms with E-state index in [1.54, 1.807) is 13.0 Å². The zero-order valence-electron chi connectivity index (χ0n) is 14.1. The van der Waals surface area contributed by atoms with Crippen LogP contribution in [-0.2, 0) is 4.79 Å². The minimum atomic E-state index is 0.0667. The molecule has 6 heteroatoms. The van der Waals surface area contributed by atoms with Crippen LogP contribution in [0.4, 0.5) is 6.01 Å². The minimum Gasteiger partial charge on any atom is -0.408 e. The normalized spacial score (nSPS) is 15.7. The molecule has 1 fully saturated rings. The van der Waals surface area contributed by atoms with Gasteiger partial charge >= 0.3 is 6.01 Å². The summed E-state index contributed by atoms with van der Waals surface area (Å²) in [6.07, 6.45) is 2.60. The molecular formula is C18H22N4O2. The third-order valence-electron chi connectivity index (χ3n) is 4.20. The fourth-order valence-corrected chi connectivity index (χ4v) is 2.81. The van der Waals surface area contributed by atoms with Crippen LogP contribution in [0.3, 0.4) is 0 Å². The number of benzene rings is 1. The molecular weight excluding hydrogens is 304 g/mol. The highest BCUT2D eigenvalue weighted by Crippen LogP contribution is 2.19. The minimum absolute atomic E-state index is 0.0667. The molecule has 3 rings (SSSR count). The maximum Gasteiger partial charge on any atom is 0.318 e. The number of amides is 1. The van der Waals surface area contributed by atoms with Gasteiger partial charge in [-0.2, -0.15) is 0 Å². The van der Waals surface area contributed by atoms with E-state index in [2.05, 4.69) is 17.1 Å². The molecule has 1 aromatic carbocycles. The van der Waals surface area contributed by atoms with Crippen molar-refractivity contribution < 1.29 is 9.21 Å². The molecule has 0 atom stereocenters. The number of carbonyl (C=O) groups excluding carboxylic acids is 1. The molecule has 1 aliphatic rings. The zero-order valence-corrected chi connectivity index (χ0v) is 14.1. The maximum atomic E-state index is 12.6. The van der Waals surface area contributed by atoms with E-state index in [1.807, 2.05) is 40.1 Å². The van der Waals surface area contributed by atoms with Gasteiger partial charge in [-0.05, 0) is 17.6 Å². The van der Waals surface area contributed by atoms with Crippen LogP contribution in [0.2, 0.25) is 0 Å². The van der Waals surface area contributed by atoms with Crippen LogP contribution in [0.1, 0.15) is 24.8 Å².